The van der Waals surface area contributed by atoms with Crippen molar-refractivity contribution in [3.05, 3.63) is 66.0 Å². The number of carbonyl (C=O) groups is 1. The van der Waals surface area contributed by atoms with Crippen LogP contribution in [0.15, 0.2) is 49.1 Å². The number of hydrogen-bond acceptors (Lipinski definition) is 3. The molecule has 0 aliphatic carbocycles. The van der Waals surface area contributed by atoms with Gasteiger partial charge in [-0.1, -0.05) is 13.0 Å². The lowest BCUT2D eigenvalue weighted by Gasteiger charge is -2.46. The van der Waals surface area contributed by atoms with Crippen molar-refractivity contribution in [3.8, 4) is 11.1 Å². The summed E-state index contributed by atoms with van der Waals surface area (Å²) in [6, 6.07) is 8.76. The number of hydrogen-bond donors (Lipinski definition) is 1. The van der Waals surface area contributed by atoms with E-state index < -0.39 is 0 Å². The fourth-order valence-electron chi connectivity index (χ4n) is 4.24. The highest BCUT2D eigenvalue weighted by molar-refractivity contribution is 6.04. The molecule has 2 atom stereocenters. The lowest BCUT2D eigenvalue weighted by molar-refractivity contribution is -0.129. The van der Waals surface area contributed by atoms with Gasteiger partial charge in [-0.3, -0.25) is 9.48 Å². The van der Waals surface area contributed by atoms with Gasteiger partial charge in [-0.15, -0.1) is 0 Å². The van der Waals surface area contributed by atoms with E-state index in [9.17, 15) is 4.79 Å². The van der Waals surface area contributed by atoms with E-state index in [0.29, 0.717) is 5.56 Å². The predicted octanol–water partition coefficient (Wildman–Crippen LogP) is 4.13. The molecule has 7 heteroatoms. The van der Waals surface area contributed by atoms with Crippen LogP contribution in [0.25, 0.3) is 22.2 Å². The fourth-order valence-corrected chi connectivity index (χ4v) is 4.24. The number of carbonyl (C=O) groups excluding carboxylic acids is 1. The van der Waals surface area contributed by atoms with Crippen LogP contribution in [0.3, 0.4) is 0 Å². The first-order valence-electron chi connectivity index (χ1n) is 9.49. The number of rotatable bonds is 3. The van der Waals surface area contributed by atoms with E-state index in [0.717, 1.165) is 33.4 Å². The van der Waals surface area contributed by atoms with Crippen molar-refractivity contribution in [2.75, 3.05) is 4.90 Å². The summed E-state index contributed by atoms with van der Waals surface area (Å²) in [4.78, 5) is 21.7. The summed E-state index contributed by atoms with van der Waals surface area (Å²) in [7, 11) is 1.83. The number of halogens is 1. The predicted molar refractivity (Wildman–Crippen MR) is 109 cm³/mol. The van der Waals surface area contributed by atoms with Crippen LogP contribution in [0.5, 0.6) is 0 Å². The molecule has 0 saturated carbocycles. The zero-order chi connectivity index (χ0) is 20.3. The first-order valence-corrected chi connectivity index (χ1v) is 9.49. The molecule has 1 saturated heterocycles. The van der Waals surface area contributed by atoms with Crippen molar-refractivity contribution in [2.45, 2.75) is 19.9 Å². The number of nitrogens with one attached hydrogen (secondary N) is 1. The van der Waals surface area contributed by atoms with E-state index in [1.807, 2.05) is 51.4 Å². The topological polar surface area (TPSA) is 66.8 Å². The van der Waals surface area contributed by atoms with Crippen LogP contribution in [0.4, 0.5) is 10.1 Å². The highest BCUT2D eigenvalue weighted by Gasteiger charge is 2.47. The maximum atomic E-state index is 15.3. The number of imidazole rings is 1. The zero-order valence-electron chi connectivity index (χ0n) is 16.3. The Morgan fingerprint density at radius 2 is 2.00 bits per heavy atom. The molecule has 146 valence electrons. The Morgan fingerprint density at radius 1 is 1.17 bits per heavy atom. The molecule has 29 heavy (non-hydrogen) atoms. The molecule has 5 rings (SSSR count). The van der Waals surface area contributed by atoms with Crippen LogP contribution in [-0.4, -0.2) is 25.7 Å². The maximum absolute atomic E-state index is 15.3. The Morgan fingerprint density at radius 3 is 2.72 bits per heavy atom. The van der Waals surface area contributed by atoms with Gasteiger partial charge in [0.05, 0.1) is 35.5 Å². The van der Waals surface area contributed by atoms with E-state index in [-0.39, 0.29) is 23.7 Å². The molecular formula is C22H20FN5O. The molecule has 2 aromatic heterocycles. The fraction of sp³-hybridized carbons (Fsp3) is 0.227. The average Bonchev–Trinajstić information content (AvgIpc) is 3.34. The number of anilines is 1. The number of aromatic amines is 1. The van der Waals surface area contributed by atoms with Crippen LogP contribution in [0.1, 0.15) is 24.1 Å². The second kappa shape index (κ2) is 6.27. The SMILES string of the molecule is Cc1cc(-c2cnn(C)c2)cc(F)c1[C@H]1[C@@H](C)C(=O)N1c1ccc2nc[nH]c2c1. The second-order valence-corrected chi connectivity index (χ2v) is 7.64. The lowest BCUT2D eigenvalue weighted by Crippen LogP contribution is -2.54. The van der Waals surface area contributed by atoms with E-state index in [2.05, 4.69) is 15.1 Å². The molecule has 2 aromatic carbocycles. The van der Waals surface area contributed by atoms with Crippen molar-refractivity contribution in [3.63, 3.8) is 0 Å². The van der Waals surface area contributed by atoms with Gasteiger partial charge in [-0.25, -0.2) is 9.37 Å². The van der Waals surface area contributed by atoms with Crippen molar-refractivity contribution in [1.29, 1.82) is 0 Å². The number of aryl methyl sites for hydroxylation is 2. The minimum Gasteiger partial charge on any atom is -0.345 e. The number of aromatic nitrogens is 4. The van der Waals surface area contributed by atoms with Crippen LogP contribution in [-0.2, 0) is 11.8 Å². The summed E-state index contributed by atoms with van der Waals surface area (Å²) in [5, 5.41) is 4.16. The standard InChI is InChI=1S/C22H20FN5O/c1-12-6-14(15-9-26-27(3)10-15)7-17(23)20(12)21-13(2)22(29)28(21)16-4-5-18-19(8-16)25-11-24-18/h4-11,13,21H,1-3H3,(H,24,25)/t13-,21-/m1/s1. The summed E-state index contributed by atoms with van der Waals surface area (Å²) in [6.07, 6.45) is 5.19. The van der Waals surface area contributed by atoms with Gasteiger partial charge in [0.2, 0.25) is 5.91 Å². The Kier molecular flexibility index (Phi) is 3.81. The lowest BCUT2D eigenvalue weighted by atomic mass is 9.80. The van der Waals surface area contributed by atoms with Gasteiger partial charge in [0.15, 0.2) is 0 Å². The molecule has 0 unspecified atom stereocenters. The normalized spacial score (nSPS) is 19.0. The molecular weight excluding hydrogens is 369 g/mol. The van der Waals surface area contributed by atoms with Gasteiger partial charge in [0, 0.05) is 30.1 Å². The molecule has 1 amide bonds. The summed E-state index contributed by atoms with van der Waals surface area (Å²) >= 11 is 0. The maximum Gasteiger partial charge on any atom is 0.232 e. The average molecular weight is 389 g/mol. The van der Waals surface area contributed by atoms with E-state index in [4.69, 9.17) is 0 Å². The third kappa shape index (κ3) is 2.65. The molecule has 3 heterocycles. The molecule has 1 aliphatic rings. The molecule has 0 bridgehead atoms. The third-order valence-electron chi connectivity index (χ3n) is 5.73. The van der Waals surface area contributed by atoms with E-state index in [1.54, 1.807) is 22.1 Å². The summed E-state index contributed by atoms with van der Waals surface area (Å²) < 4.78 is 17.0. The van der Waals surface area contributed by atoms with Crippen LogP contribution in [0.2, 0.25) is 0 Å². The number of H-pyrrole nitrogens is 1. The van der Waals surface area contributed by atoms with Crippen molar-refractivity contribution >= 4 is 22.6 Å². The minimum absolute atomic E-state index is 0.0102. The van der Waals surface area contributed by atoms with Gasteiger partial charge in [0.1, 0.15) is 5.82 Å². The van der Waals surface area contributed by atoms with E-state index >= 15 is 4.39 Å². The summed E-state index contributed by atoms with van der Waals surface area (Å²) in [5.74, 6) is -0.602. The minimum atomic E-state index is -0.342. The Balaban J connectivity index is 1.57. The number of nitrogens with zero attached hydrogens (tertiary/aromatic N) is 4. The number of benzene rings is 2. The number of β-lactam (4-membered cyclic amide) rings is 1. The van der Waals surface area contributed by atoms with Crippen LogP contribution < -0.4 is 4.90 Å². The van der Waals surface area contributed by atoms with Gasteiger partial charge >= 0.3 is 0 Å². The smallest absolute Gasteiger partial charge is 0.232 e. The molecule has 1 fully saturated rings. The molecule has 6 nitrogen and oxygen atoms in total. The van der Waals surface area contributed by atoms with Crippen LogP contribution in [0, 0.1) is 18.7 Å². The monoisotopic (exact) mass is 389 g/mol. The summed E-state index contributed by atoms with van der Waals surface area (Å²) in [5.41, 5.74) is 5.44. The molecule has 0 spiro atoms. The quantitative estimate of drug-likeness (QED) is 0.536. The van der Waals surface area contributed by atoms with Crippen molar-refractivity contribution in [1.82, 2.24) is 19.7 Å². The van der Waals surface area contributed by atoms with Crippen molar-refractivity contribution < 1.29 is 9.18 Å². The molecule has 0 radical (unpaired) electrons. The Bertz CT molecular complexity index is 1230. The zero-order valence-corrected chi connectivity index (χ0v) is 16.3. The highest BCUT2D eigenvalue weighted by Crippen LogP contribution is 2.46. The van der Waals surface area contributed by atoms with E-state index in [1.165, 1.54) is 6.07 Å². The first kappa shape index (κ1) is 17.6. The number of amides is 1. The van der Waals surface area contributed by atoms with Crippen molar-refractivity contribution in [2.24, 2.45) is 13.0 Å². The third-order valence-corrected chi connectivity index (χ3v) is 5.73. The molecule has 1 N–H and O–H groups in total. The highest BCUT2D eigenvalue weighted by atomic mass is 19.1. The van der Waals surface area contributed by atoms with Gasteiger partial charge < -0.3 is 9.88 Å². The van der Waals surface area contributed by atoms with Gasteiger partial charge in [0.25, 0.3) is 0 Å². The molecule has 1 aliphatic heterocycles. The van der Waals surface area contributed by atoms with Gasteiger partial charge in [-0.2, -0.15) is 5.10 Å². The number of fused-ring (bicyclic) bond motifs is 1. The first-order chi connectivity index (χ1) is 13.9. The van der Waals surface area contributed by atoms with Gasteiger partial charge in [-0.05, 0) is 42.3 Å². The summed E-state index contributed by atoms with van der Waals surface area (Å²) in [6.45, 7) is 3.75. The largest absolute Gasteiger partial charge is 0.345 e. The Hall–Kier alpha value is -3.48. The second-order valence-electron chi connectivity index (χ2n) is 7.64. The molecule has 4 aromatic rings. The Labute approximate surface area is 167 Å². The van der Waals surface area contributed by atoms with Crippen LogP contribution >= 0.6 is 0 Å².